The summed E-state index contributed by atoms with van der Waals surface area (Å²) in [4.78, 5) is 10.3. The van der Waals surface area contributed by atoms with Crippen molar-refractivity contribution in [2.24, 2.45) is 0 Å². The van der Waals surface area contributed by atoms with Crippen molar-refractivity contribution in [3.8, 4) is 0 Å². The number of hydrogen-bond donors (Lipinski definition) is 3. The van der Waals surface area contributed by atoms with E-state index in [0.29, 0.717) is 6.04 Å². The fourth-order valence-electron chi connectivity index (χ4n) is 2.89. The van der Waals surface area contributed by atoms with Gasteiger partial charge in [0, 0.05) is 24.9 Å². The molecule has 0 spiro atoms. The maximum Gasteiger partial charge on any atom is 0.204 e. The number of aliphatic hydroxyl groups is 1. The molecule has 4 N–H and O–H groups in total. The van der Waals surface area contributed by atoms with Gasteiger partial charge in [-0.3, -0.25) is 0 Å². The summed E-state index contributed by atoms with van der Waals surface area (Å²) in [5.74, 6) is 0.932. The monoisotopic (exact) mass is 260 g/mol. The van der Waals surface area contributed by atoms with Crippen LogP contribution in [0.4, 0.5) is 11.6 Å². The number of nitrogens with two attached hydrogens (primary N) is 1. The molecule has 1 aliphatic heterocycles. The fraction of sp³-hybridized carbons (Fsp3) is 0.500. The first-order valence-corrected chi connectivity index (χ1v) is 6.90. The Kier molecular flexibility index (Phi) is 3.29. The normalized spacial score (nSPS) is 19.4. The Morgan fingerprint density at radius 3 is 3.21 bits per heavy atom. The Bertz CT molecular complexity index is 566. The highest BCUT2D eigenvalue weighted by Crippen LogP contribution is 2.28. The van der Waals surface area contributed by atoms with Crippen LogP contribution in [0.2, 0.25) is 0 Å². The van der Waals surface area contributed by atoms with Crippen LogP contribution in [0.25, 0.3) is 11.0 Å². The Labute approximate surface area is 112 Å². The van der Waals surface area contributed by atoms with Gasteiger partial charge in [0.2, 0.25) is 5.95 Å². The Morgan fingerprint density at radius 2 is 2.37 bits per heavy atom. The van der Waals surface area contributed by atoms with E-state index in [1.54, 1.807) is 0 Å². The molecule has 2 aromatic rings. The van der Waals surface area contributed by atoms with Crippen molar-refractivity contribution < 1.29 is 5.11 Å². The summed E-state index contributed by atoms with van der Waals surface area (Å²) in [6.07, 6.45) is 4.25. The smallest absolute Gasteiger partial charge is 0.204 e. The third-order valence-electron chi connectivity index (χ3n) is 3.84. The number of fused-ring (bicyclic) bond motifs is 1. The van der Waals surface area contributed by atoms with Gasteiger partial charge >= 0.3 is 0 Å². The topological polar surface area (TPSA) is 78.2 Å². The number of benzene rings is 1. The van der Waals surface area contributed by atoms with Gasteiger partial charge in [0.1, 0.15) is 0 Å². The van der Waals surface area contributed by atoms with E-state index in [1.807, 2.05) is 18.2 Å². The summed E-state index contributed by atoms with van der Waals surface area (Å²) < 4.78 is 0. The fourth-order valence-corrected chi connectivity index (χ4v) is 2.89. The first-order chi connectivity index (χ1) is 9.28. The summed E-state index contributed by atoms with van der Waals surface area (Å²) in [6, 6.07) is 6.24. The molecule has 1 aromatic heterocycles. The van der Waals surface area contributed by atoms with E-state index in [4.69, 9.17) is 10.8 Å². The number of H-pyrrole nitrogens is 1. The minimum atomic E-state index is 0.265. The van der Waals surface area contributed by atoms with Crippen molar-refractivity contribution in [1.82, 2.24) is 9.97 Å². The van der Waals surface area contributed by atoms with Crippen LogP contribution < -0.4 is 10.6 Å². The van der Waals surface area contributed by atoms with Crippen molar-refractivity contribution in [3.05, 3.63) is 18.2 Å². The second-order valence-corrected chi connectivity index (χ2v) is 5.19. The number of anilines is 2. The molecule has 102 valence electrons. The number of imidazole rings is 1. The van der Waals surface area contributed by atoms with E-state index < -0.39 is 0 Å². The molecule has 19 heavy (non-hydrogen) atoms. The number of nitrogens with zero attached hydrogens (tertiary/aromatic N) is 2. The zero-order chi connectivity index (χ0) is 13.2. The predicted octanol–water partition coefficient (Wildman–Crippen LogP) is 1.89. The molecule has 3 rings (SSSR count). The number of rotatable bonds is 4. The van der Waals surface area contributed by atoms with Crippen LogP contribution in [-0.2, 0) is 0 Å². The molecule has 1 atom stereocenters. The van der Waals surface area contributed by atoms with E-state index >= 15 is 0 Å². The largest absolute Gasteiger partial charge is 0.399 e. The molecule has 1 fully saturated rings. The number of aromatic amines is 1. The minimum Gasteiger partial charge on any atom is -0.399 e. The lowest BCUT2D eigenvalue weighted by atomic mass is 10.1. The van der Waals surface area contributed by atoms with Crippen molar-refractivity contribution in [2.75, 3.05) is 23.8 Å². The second-order valence-electron chi connectivity index (χ2n) is 5.19. The molecule has 1 aliphatic rings. The number of nitrogens with one attached hydrogen (secondary N) is 1. The average Bonchev–Trinajstić information content (AvgIpc) is 3.01. The summed E-state index contributed by atoms with van der Waals surface area (Å²) in [5.41, 5.74) is 8.49. The molecule has 1 unspecified atom stereocenters. The van der Waals surface area contributed by atoms with E-state index in [-0.39, 0.29) is 6.61 Å². The molecule has 2 heterocycles. The van der Waals surface area contributed by atoms with Crippen LogP contribution in [0.5, 0.6) is 0 Å². The summed E-state index contributed by atoms with van der Waals surface area (Å²) in [6.45, 7) is 1.30. The number of aromatic nitrogens is 2. The highest BCUT2D eigenvalue weighted by atomic mass is 16.2. The van der Waals surface area contributed by atoms with Gasteiger partial charge in [-0.2, -0.15) is 0 Å². The molecule has 0 saturated carbocycles. The van der Waals surface area contributed by atoms with Crippen LogP contribution in [0, 0.1) is 0 Å². The number of nitrogen functional groups attached to an aromatic ring is 1. The standard InChI is InChI=1S/C14H20N4O/c15-10-5-6-12-13(9-10)17-14(16-12)18-7-1-3-11(18)4-2-8-19/h5-6,9,11,19H,1-4,7-8,15H2,(H,16,17). The zero-order valence-electron chi connectivity index (χ0n) is 11.0. The lowest BCUT2D eigenvalue weighted by molar-refractivity contribution is 0.279. The van der Waals surface area contributed by atoms with Gasteiger partial charge in [0.15, 0.2) is 0 Å². The van der Waals surface area contributed by atoms with Crippen LogP contribution >= 0.6 is 0 Å². The lowest BCUT2D eigenvalue weighted by Crippen LogP contribution is -2.30. The van der Waals surface area contributed by atoms with Gasteiger partial charge in [0.25, 0.3) is 0 Å². The zero-order valence-corrected chi connectivity index (χ0v) is 11.0. The van der Waals surface area contributed by atoms with Crippen LogP contribution in [-0.4, -0.2) is 34.3 Å². The SMILES string of the molecule is Nc1ccc2nc(N3CCCC3CCCO)[nH]c2c1. The van der Waals surface area contributed by atoms with E-state index in [2.05, 4.69) is 14.9 Å². The Balaban J connectivity index is 1.86. The Hall–Kier alpha value is -1.75. The second kappa shape index (κ2) is 5.09. The quantitative estimate of drug-likeness (QED) is 0.733. The highest BCUT2D eigenvalue weighted by molar-refractivity contribution is 5.81. The van der Waals surface area contributed by atoms with Crippen molar-refractivity contribution >= 4 is 22.7 Å². The molecule has 0 radical (unpaired) electrons. The van der Waals surface area contributed by atoms with Crippen LogP contribution in [0.15, 0.2) is 18.2 Å². The van der Waals surface area contributed by atoms with E-state index in [9.17, 15) is 0 Å². The molecule has 5 heteroatoms. The highest BCUT2D eigenvalue weighted by Gasteiger charge is 2.26. The number of aliphatic hydroxyl groups excluding tert-OH is 1. The van der Waals surface area contributed by atoms with Gasteiger partial charge in [-0.15, -0.1) is 0 Å². The molecule has 0 amide bonds. The summed E-state index contributed by atoms with van der Waals surface area (Å²) in [7, 11) is 0. The van der Waals surface area contributed by atoms with Crippen molar-refractivity contribution in [3.63, 3.8) is 0 Å². The maximum atomic E-state index is 8.97. The van der Waals surface area contributed by atoms with E-state index in [0.717, 1.165) is 42.1 Å². The maximum absolute atomic E-state index is 8.97. The third kappa shape index (κ3) is 2.38. The van der Waals surface area contributed by atoms with Gasteiger partial charge < -0.3 is 20.7 Å². The summed E-state index contributed by atoms with van der Waals surface area (Å²) in [5, 5.41) is 8.97. The third-order valence-corrected chi connectivity index (χ3v) is 3.84. The van der Waals surface area contributed by atoms with Gasteiger partial charge in [0.05, 0.1) is 11.0 Å². The molecule has 5 nitrogen and oxygen atoms in total. The first kappa shape index (κ1) is 12.3. The molecular formula is C14H20N4O. The van der Waals surface area contributed by atoms with Gasteiger partial charge in [-0.1, -0.05) is 0 Å². The molecule has 1 saturated heterocycles. The Morgan fingerprint density at radius 1 is 1.47 bits per heavy atom. The molecule has 1 aromatic carbocycles. The van der Waals surface area contributed by atoms with Crippen LogP contribution in [0.1, 0.15) is 25.7 Å². The molecule has 0 aliphatic carbocycles. The minimum absolute atomic E-state index is 0.265. The van der Waals surface area contributed by atoms with E-state index in [1.165, 1.54) is 12.8 Å². The molecule has 0 bridgehead atoms. The number of hydrogen-bond acceptors (Lipinski definition) is 4. The van der Waals surface area contributed by atoms with Crippen molar-refractivity contribution in [2.45, 2.75) is 31.7 Å². The first-order valence-electron chi connectivity index (χ1n) is 6.90. The molecular weight excluding hydrogens is 240 g/mol. The summed E-state index contributed by atoms with van der Waals surface area (Å²) >= 11 is 0. The van der Waals surface area contributed by atoms with Crippen LogP contribution in [0.3, 0.4) is 0 Å². The van der Waals surface area contributed by atoms with Crippen molar-refractivity contribution in [1.29, 1.82) is 0 Å². The lowest BCUT2D eigenvalue weighted by Gasteiger charge is -2.23. The average molecular weight is 260 g/mol. The van der Waals surface area contributed by atoms with Gasteiger partial charge in [-0.25, -0.2) is 4.98 Å². The van der Waals surface area contributed by atoms with Gasteiger partial charge in [-0.05, 0) is 43.9 Å². The predicted molar refractivity (Wildman–Crippen MR) is 77.2 cm³/mol.